The summed E-state index contributed by atoms with van der Waals surface area (Å²) >= 11 is 0. The molecule has 1 fully saturated rings. The minimum Gasteiger partial charge on any atom is -0.497 e. The number of benzene rings is 2. The van der Waals surface area contributed by atoms with Gasteiger partial charge in [0.05, 0.1) is 13.7 Å². The van der Waals surface area contributed by atoms with Gasteiger partial charge in [0.1, 0.15) is 5.75 Å². The largest absolute Gasteiger partial charge is 0.497 e. The minimum atomic E-state index is 0.627. The van der Waals surface area contributed by atoms with Crippen molar-refractivity contribution < 1.29 is 9.26 Å². The van der Waals surface area contributed by atoms with Gasteiger partial charge < -0.3 is 14.2 Å². The molecule has 4 rings (SSSR count). The lowest BCUT2D eigenvalue weighted by Crippen LogP contribution is -2.46. The third-order valence-electron chi connectivity index (χ3n) is 5.42. The van der Waals surface area contributed by atoms with E-state index in [1.807, 2.05) is 24.3 Å². The Morgan fingerprint density at radius 2 is 1.66 bits per heavy atom. The number of hydrogen-bond acceptors (Lipinski definition) is 6. The summed E-state index contributed by atoms with van der Waals surface area (Å²) in [5.41, 5.74) is 2.36. The molecular formula is C23H28N4O2. The molecule has 2 aromatic carbocycles. The molecule has 6 heteroatoms. The van der Waals surface area contributed by atoms with E-state index in [-0.39, 0.29) is 0 Å². The van der Waals surface area contributed by atoms with Crippen LogP contribution in [-0.2, 0) is 13.0 Å². The van der Waals surface area contributed by atoms with Crippen LogP contribution in [0.25, 0.3) is 11.4 Å². The number of nitrogens with zero attached hydrogens (tertiary/aromatic N) is 4. The van der Waals surface area contributed by atoms with Crippen molar-refractivity contribution in [3.05, 3.63) is 66.1 Å². The number of rotatable bonds is 8. The number of ether oxygens (including phenoxy) is 1. The highest BCUT2D eigenvalue weighted by Gasteiger charge is 2.19. The van der Waals surface area contributed by atoms with Crippen LogP contribution in [0.15, 0.2) is 59.1 Å². The smallest absolute Gasteiger partial charge is 0.241 e. The number of aryl methyl sites for hydroxylation is 1. The summed E-state index contributed by atoms with van der Waals surface area (Å²) in [5, 5.41) is 4.13. The molecule has 3 aromatic rings. The monoisotopic (exact) mass is 392 g/mol. The van der Waals surface area contributed by atoms with Crippen LogP contribution in [0.5, 0.6) is 5.75 Å². The van der Waals surface area contributed by atoms with Gasteiger partial charge in [0.15, 0.2) is 0 Å². The summed E-state index contributed by atoms with van der Waals surface area (Å²) in [6.45, 7) is 6.12. The predicted octanol–water partition coefficient (Wildman–Crippen LogP) is 3.50. The Bertz CT molecular complexity index is 871. The maximum Gasteiger partial charge on any atom is 0.241 e. The zero-order chi connectivity index (χ0) is 19.9. The van der Waals surface area contributed by atoms with E-state index in [4.69, 9.17) is 9.26 Å². The second-order valence-corrected chi connectivity index (χ2v) is 7.45. The fraction of sp³-hybridized carbons (Fsp3) is 0.391. The first-order chi connectivity index (χ1) is 14.3. The van der Waals surface area contributed by atoms with Crippen LogP contribution in [0.4, 0.5) is 0 Å². The van der Waals surface area contributed by atoms with Crippen LogP contribution >= 0.6 is 0 Å². The number of hydrogen-bond donors (Lipinski definition) is 0. The molecule has 1 saturated heterocycles. The van der Waals surface area contributed by atoms with Gasteiger partial charge in [-0.25, -0.2) is 0 Å². The van der Waals surface area contributed by atoms with E-state index in [1.54, 1.807) is 7.11 Å². The van der Waals surface area contributed by atoms with Crippen molar-refractivity contribution in [2.75, 3.05) is 39.8 Å². The Kier molecular flexibility index (Phi) is 6.54. The summed E-state index contributed by atoms with van der Waals surface area (Å²) in [7, 11) is 1.66. The molecule has 1 aliphatic heterocycles. The third-order valence-corrected chi connectivity index (χ3v) is 5.42. The third kappa shape index (κ3) is 5.43. The molecule has 29 heavy (non-hydrogen) atoms. The van der Waals surface area contributed by atoms with Crippen LogP contribution in [0.2, 0.25) is 0 Å². The van der Waals surface area contributed by atoms with Crippen molar-refractivity contribution in [2.24, 2.45) is 0 Å². The van der Waals surface area contributed by atoms with Crippen LogP contribution < -0.4 is 4.74 Å². The molecule has 0 saturated carbocycles. The van der Waals surface area contributed by atoms with E-state index in [2.05, 4.69) is 50.3 Å². The average Bonchev–Trinajstić information content (AvgIpc) is 3.24. The van der Waals surface area contributed by atoms with Gasteiger partial charge in [-0.15, -0.1) is 0 Å². The summed E-state index contributed by atoms with van der Waals surface area (Å²) in [5.74, 6) is 2.12. The van der Waals surface area contributed by atoms with Crippen LogP contribution in [0.3, 0.4) is 0 Å². The molecule has 0 bridgehead atoms. The molecule has 2 heterocycles. The highest BCUT2D eigenvalue weighted by Crippen LogP contribution is 2.20. The molecule has 152 valence electrons. The van der Waals surface area contributed by atoms with Gasteiger partial charge in [-0.3, -0.25) is 4.90 Å². The van der Waals surface area contributed by atoms with E-state index in [1.165, 1.54) is 12.0 Å². The average molecular weight is 393 g/mol. The molecule has 0 radical (unpaired) electrons. The van der Waals surface area contributed by atoms with Gasteiger partial charge in [-0.2, -0.15) is 4.98 Å². The topological polar surface area (TPSA) is 54.6 Å². The zero-order valence-electron chi connectivity index (χ0n) is 17.0. The van der Waals surface area contributed by atoms with E-state index < -0.39 is 0 Å². The van der Waals surface area contributed by atoms with Crippen molar-refractivity contribution >= 4 is 0 Å². The molecule has 6 nitrogen and oxygen atoms in total. The molecule has 0 N–H and O–H groups in total. The molecule has 1 aliphatic rings. The predicted molar refractivity (Wildman–Crippen MR) is 113 cm³/mol. The maximum absolute atomic E-state index is 5.47. The quantitative estimate of drug-likeness (QED) is 0.585. The van der Waals surface area contributed by atoms with Crippen molar-refractivity contribution in [3.63, 3.8) is 0 Å². The maximum atomic E-state index is 5.47. The molecular weight excluding hydrogens is 364 g/mol. The van der Waals surface area contributed by atoms with Gasteiger partial charge >= 0.3 is 0 Å². The fourth-order valence-corrected chi connectivity index (χ4v) is 3.69. The van der Waals surface area contributed by atoms with Crippen LogP contribution in [0, 0.1) is 0 Å². The summed E-state index contributed by atoms with van der Waals surface area (Å²) < 4.78 is 10.7. The normalized spacial score (nSPS) is 15.5. The SMILES string of the molecule is COc1ccc(-c2noc(CN3CCN(CCCc4ccccc4)CC3)n2)cc1. The minimum absolute atomic E-state index is 0.627. The lowest BCUT2D eigenvalue weighted by Gasteiger charge is -2.33. The van der Waals surface area contributed by atoms with Gasteiger partial charge in [-0.05, 0) is 49.2 Å². The molecule has 0 atom stereocenters. The Balaban J connectivity index is 1.21. The molecule has 0 spiro atoms. The molecule has 0 unspecified atom stereocenters. The fourth-order valence-electron chi connectivity index (χ4n) is 3.69. The Morgan fingerprint density at radius 3 is 2.38 bits per heavy atom. The first kappa shape index (κ1) is 19.6. The number of aromatic nitrogens is 2. The zero-order valence-corrected chi connectivity index (χ0v) is 17.0. The Hall–Kier alpha value is -2.70. The Labute approximate surface area is 172 Å². The van der Waals surface area contributed by atoms with Crippen molar-refractivity contribution in [2.45, 2.75) is 19.4 Å². The van der Waals surface area contributed by atoms with Crippen LogP contribution in [-0.4, -0.2) is 59.8 Å². The summed E-state index contributed by atoms with van der Waals surface area (Å²) in [6, 6.07) is 18.4. The van der Waals surface area contributed by atoms with Gasteiger partial charge in [0, 0.05) is 31.7 Å². The lowest BCUT2D eigenvalue weighted by molar-refractivity contribution is 0.116. The molecule has 0 amide bonds. The highest BCUT2D eigenvalue weighted by atomic mass is 16.5. The first-order valence-corrected chi connectivity index (χ1v) is 10.3. The van der Waals surface area contributed by atoms with Crippen molar-refractivity contribution in [3.8, 4) is 17.1 Å². The summed E-state index contributed by atoms with van der Waals surface area (Å²) in [6.07, 6.45) is 2.36. The van der Waals surface area contributed by atoms with E-state index in [0.29, 0.717) is 18.3 Å². The molecule has 1 aromatic heterocycles. The molecule has 0 aliphatic carbocycles. The number of piperazine rings is 1. The van der Waals surface area contributed by atoms with Crippen molar-refractivity contribution in [1.29, 1.82) is 0 Å². The van der Waals surface area contributed by atoms with Gasteiger partial charge in [-0.1, -0.05) is 35.5 Å². The van der Waals surface area contributed by atoms with Gasteiger partial charge in [0.2, 0.25) is 11.7 Å². The first-order valence-electron chi connectivity index (χ1n) is 10.3. The van der Waals surface area contributed by atoms with Crippen molar-refractivity contribution in [1.82, 2.24) is 19.9 Å². The Morgan fingerprint density at radius 1 is 0.931 bits per heavy atom. The summed E-state index contributed by atoms with van der Waals surface area (Å²) in [4.78, 5) is 9.50. The lowest BCUT2D eigenvalue weighted by atomic mass is 10.1. The van der Waals surface area contributed by atoms with Gasteiger partial charge in [0.25, 0.3) is 0 Å². The second kappa shape index (κ2) is 9.67. The second-order valence-electron chi connectivity index (χ2n) is 7.45. The van der Waals surface area contributed by atoms with E-state index in [9.17, 15) is 0 Å². The van der Waals surface area contributed by atoms with E-state index >= 15 is 0 Å². The van der Waals surface area contributed by atoms with Crippen LogP contribution in [0.1, 0.15) is 17.9 Å². The van der Waals surface area contributed by atoms with E-state index in [0.717, 1.165) is 50.5 Å². The highest BCUT2D eigenvalue weighted by molar-refractivity contribution is 5.55. The number of methoxy groups -OCH3 is 1. The standard InChI is InChI=1S/C23H28N4O2/c1-28-21-11-9-20(10-12-21)23-24-22(29-25-23)18-27-16-14-26(15-17-27)13-5-8-19-6-3-2-4-7-19/h2-4,6-7,9-12H,5,8,13-18H2,1H3.